The number of morpholine rings is 1. The van der Waals surface area contributed by atoms with Gasteiger partial charge in [0.15, 0.2) is 0 Å². The Morgan fingerprint density at radius 2 is 1.51 bits per heavy atom. The molecule has 1 aliphatic carbocycles. The Bertz CT molecular complexity index is 1990. The molecular weight excluding hydrogens is 875 g/mol. The van der Waals surface area contributed by atoms with E-state index in [1.807, 2.05) is 12.1 Å². The minimum atomic E-state index is -5.11. The summed E-state index contributed by atoms with van der Waals surface area (Å²) in [6, 6.07) is 14.0. The molecule has 0 bridgehead atoms. The second-order valence-electron chi connectivity index (χ2n) is 16.1. The minimum Gasteiger partial charge on any atom is -0.394 e. The van der Waals surface area contributed by atoms with Gasteiger partial charge < -0.3 is 34.0 Å². The molecule has 3 fully saturated rings. The first kappa shape index (κ1) is 47.3. The number of amides is 2. The first-order valence-electron chi connectivity index (χ1n) is 20.1. The Kier molecular flexibility index (Phi) is 15.0. The van der Waals surface area contributed by atoms with Crippen molar-refractivity contribution in [2.75, 3.05) is 72.2 Å². The highest BCUT2D eigenvalue weighted by atomic mass is 35.5. The lowest BCUT2D eigenvalue weighted by molar-refractivity contribution is -0.144. The summed E-state index contributed by atoms with van der Waals surface area (Å²) in [5.41, 5.74) is -2.46. The van der Waals surface area contributed by atoms with Crippen molar-refractivity contribution in [3.05, 3.63) is 104 Å². The number of hydrogen-bond donors (Lipinski definition) is 1. The summed E-state index contributed by atoms with van der Waals surface area (Å²) in [6.45, 7) is 2.86. The van der Waals surface area contributed by atoms with E-state index in [-0.39, 0.29) is 91.6 Å². The van der Waals surface area contributed by atoms with Gasteiger partial charge in [-0.3, -0.25) is 9.59 Å². The molecule has 0 aromatic heterocycles. The first-order chi connectivity index (χ1) is 28.5. The van der Waals surface area contributed by atoms with Gasteiger partial charge in [-0.25, -0.2) is 0 Å². The molecule has 0 saturated carbocycles. The van der Waals surface area contributed by atoms with E-state index >= 15 is 0 Å². The highest BCUT2D eigenvalue weighted by molar-refractivity contribution is 6.42. The van der Waals surface area contributed by atoms with E-state index < -0.39 is 40.6 Å². The molecule has 2 amide bonds. The summed E-state index contributed by atoms with van der Waals surface area (Å²) >= 11 is 12.7. The van der Waals surface area contributed by atoms with Crippen molar-refractivity contribution >= 4 is 47.4 Å². The van der Waals surface area contributed by atoms with Crippen molar-refractivity contribution in [3.63, 3.8) is 0 Å². The average molecular weight is 923 g/mol. The van der Waals surface area contributed by atoms with Crippen LogP contribution in [-0.2, 0) is 48.8 Å². The molecule has 7 rings (SSSR count). The van der Waals surface area contributed by atoms with Crippen LogP contribution in [0.4, 0.5) is 26.3 Å². The van der Waals surface area contributed by atoms with Crippen LogP contribution in [0.3, 0.4) is 0 Å². The Morgan fingerprint density at radius 1 is 0.836 bits per heavy atom. The summed E-state index contributed by atoms with van der Waals surface area (Å²) in [4.78, 5) is 32.5. The first-order valence-corrected chi connectivity index (χ1v) is 20.9. The largest absolute Gasteiger partial charge is 0.416 e. The maximum absolute atomic E-state index is 13.8. The van der Waals surface area contributed by atoms with Crippen LogP contribution >= 0.6 is 35.6 Å². The highest BCUT2D eigenvalue weighted by Gasteiger charge is 2.50. The van der Waals surface area contributed by atoms with E-state index in [2.05, 4.69) is 17.0 Å². The third kappa shape index (κ3) is 10.5. The van der Waals surface area contributed by atoms with Crippen molar-refractivity contribution in [1.82, 2.24) is 14.7 Å². The Balaban J connectivity index is 0.00000622. The third-order valence-corrected chi connectivity index (χ3v) is 13.3. The van der Waals surface area contributed by atoms with E-state index in [1.165, 1.54) is 16.0 Å². The molecule has 1 N–H and O–H groups in total. The van der Waals surface area contributed by atoms with Gasteiger partial charge in [-0.05, 0) is 98.6 Å². The number of carbonyl (C=O) groups is 2. The molecule has 4 aliphatic rings. The van der Waals surface area contributed by atoms with Crippen molar-refractivity contribution < 1.29 is 55.2 Å². The fourth-order valence-electron chi connectivity index (χ4n) is 9.30. The van der Waals surface area contributed by atoms with E-state index in [9.17, 15) is 35.9 Å². The SMILES string of the molecule is Cl.O=C(CO[C@H]1Cc2ccccc2C12CCN(CC[C@@]1(c3ccc(Cl)c(Cl)c3)CN(C(=O)c3cc(C(F)(F)F)cc(C(F)(F)F)c3)CCO1)CC2)N1CCC(OCCO)CC1. The molecule has 3 aromatic rings. The molecule has 334 valence electrons. The number of halogens is 9. The van der Waals surface area contributed by atoms with Gasteiger partial charge in [-0.1, -0.05) is 53.5 Å². The monoisotopic (exact) mass is 921 g/mol. The molecule has 3 aliphatic heterocycles. The number of likely N-dealkylation sites (tertiary alicyclic amines) is 2. The molecule has 2 atom stereocenters. The van der Waals surface area contributed by atoms with Gasteiger partial charge in [0.1, 0.15) is 12.2 Å². The fourth-order valence-corrected chi connectivity index (χ4v) is 9.60. The van der Waals surface area contributed by atoms with Crippen LogP contribution < -0.4 is 0 Å². The van der Waals surface area contributed by atoms with Gasteiger partial charge in [-0.2, -0.15) is 26.3 Å². The predicted octanol–water partition coefficient (Wildman–Crippen LogP) is 8.19. The van der Waals surface area contributed by atoms with Crippen molar-refractivity contribution in [3.8, 4) is 0 Å². The van der Waals surface area contributed by atoms with Crippen LogP contribution in [0.25, 0.3) is 0 Å². The minimum absolute atomic E-state index is 0. The zero-order chi connectivity index (χ0) is 42.9. The number of nitrogens with zero attached hydrogens (tertiary/aromatic N) is 3. The van der Waals surface area contributed by atoms with Crippen LogP contribution in [0, 0.1) is 0 Å². The standard InChI is InChI=1S/C43H47Cl2F6N3O6.ClH/c44-35-6-5-30(25-36(35)45)41(27-54(17-19-60-41)39(57)29-21-31(42(46,47)48)24-32(22-29)43(49,50)51)11-16-52-14-9-40(10-15-52)34-4-2-1-3-28(34)23-37(40)59-26-38(56)53-12-7-33(8-13-53)58-20-18-55;/h1-6,21-22,24-25,33,37,55H,7-20,23,26-27H2;1H/t37-,41-;/m0./s1. The maximum atomic E-state index is 13.8. The number of fused-ring (bicyclic) bond motifs is 2. The number of benzene rings is 3. The molecule has 61 heavy (non-hydrogen) atoms. The number of rotatable bonds is 11. The van der Waals surface area contributed by atoms with E-state index in [0.717, 1.165) is 12.8 Å². The normalized spacial score (nSPS) is 22.3. The van der Waals surface area contributed by atoms with E-state index in [0.29, 0.717) is 76.1 Å². The van der Waals surface area contributed by atoms with Gasteiger partial charge in [0.05, 0.1) is 59.7 Å². The lowest BCUT2D eigenvalue weighted by atomic mass is 9.72. The molecule has 18 heteroatoms. The second kappa shape index (κ2) is 19.3. The van der Waals surface area contributed by atoms with Gasteiger partial charge in [0.25, 0.3) is 5.91 Å². The fraction of sp³-hybridized carbons (Fsp3) is 0.535. The lowest BCUT2D eigenvalue weighted by Gasteiger charge is -2.46. The highest BCUT2D eigenvalue weighted by Crippen LogP contribution is 2.48. The van der Waals surface area contributed by atoms with Crippen LogP contribution in [-0.4, -0.2) is 116 Å². The van der Waals surface area contributed by atoms with E-state index in [4.69, 9.17) is 42.5 Å². The second-order valence-corrected chi connectivity index (χ2v) is 16.9. The quantitative estimate of drug-likeness (QED) is 0.194. The van der Waals surface area contributed by atoms with Gasteiger partial charge in [0.2, 0.25) is 5.91 Å². The number of carbonyl (C=O) groups excluding carboxylic acids is 2. The number of ether oxygens (including phenoxy) is 3. The van der Waals surface area contributed by atoms with Crippen molar-refractivity contribution in [2.24, 2.45) is 0 Å². The smallest absolute Gasteiger partial charge is 0.394 e. The zero-order valence-electron chi connectivity index (χ0n) is 33.2. The lowest BCUT2D eigenvalue weighted by Crippen LogP contribution is -2.54. The van der Waals surface area contributed by atoms with Crippen LogP contribution in [0.5, 0.6) is 0 Å². The third-order valence-electron chi connectivity index (χ3n) is 12.6. The van der Waals surface area contributed by atoms with Crippen LogP contribution in [0.2, 0.25) is 10.0 Å². The zero-order valence-corrected chi connectivity index (χ0v) is 35.5. The summed E-state index contributed by atoms with van der Waals surface area (Å²) in [5, 5.41) is 9.56. The summed E-state index contributed by atoms with van der Waals surface area (Å²) < 4.78 is 101. The van der Waals surface area contributed by atoms with Crippen LogP contribution in [0.1, 0.15) is 70.3 Å². The Morgan fingerprint density at radius 3 is 2.15 bits per heavy atom. The Labute approximate surface area is 366 Å². The van der Waals surface area contributed by atoms with E-state index in [1.54, 1.807) is 23.1 Å². The summed E-state index contributed by atoms with van der Waals surface area (Å²) in [6.07, 6.45) is -6.57. The van der Waals surface area contributed by atoms with Gasteiger partial charge in [0, 0.05) is 37.2 Å². The molecule has 3 aromatic carbocycles. The molecular formula is C43H48Cl3F6N3O6. The molecule has 3 saturated heterocycles. The van der Waals surface area contributed by atoms with Crippen molar-refractivity contribution in [1.29, 1.82) is 0 Å². The number of aliphatic hydroxyl groups is 1. The summed E-state index contributed by atoms with van der Waals surface area (Å²) in [5.74, 6) is -1.05. The van der Waals surface area contributed by atoms with Gasteiger partial charge >= 0.3 is 12.4 Å². The molecule has 1 spiro atoms. The molecule has 0 unspecified atom stereocenters. The molecule has 0 radical (unpaired) electrons. The Hall–Kier alpha value is -3.15. The number of hydrogen-bond acceptors (Lipinski definition) is 7. The topological polar surface area (TPSA) is 91.8 Å². The predicted molar refractivity (Wildman–Crippen MR) is 218 cm³/mol. The van der Waals surface area contributed by atoms with Gasteiger partial charge in [-0.15, -0.1) is 12.4 Å². The molecule has 3 heterocycles. The molecule has 9 nitrogen and oxygen atoms in total. The average Bonchev–Trinajstić information content (AvgIpc) is 3.53. The number of aliphatic hydroxyl groups excluding tert-OH is 1. The maximum Gasteiger partial charge on any atom is 0.416 e. The number of alkyl halides is 6. The van der Waals surface area contributed by atoms with Crippen LogP contribution in [0.15, 0.2) is 60.7 Å². The number of piperidine rings is 2. The summed E-state index contributed by atoms with van der Waals surface area (Å²) in [7, 11) is 0. The van der Waals surface area contributed by atoms with Crippen molar-refractivity contribution in [2.45, 2.75) is 74.1 Å².